The molecule has 1 unspecified atom stereocenters. The van der Waals surface area contributed by atoms with Gasteiger partial charge in [-0.15, -0.1) is 0 Å². The molecule has 0 bridgehead atoms. The normalized spacial score (nSPS) is 22.4. The van der Waals surface area contributed by atoms with Crippen molar-refractivity contribution in [3.8, 4) is 11.1 Å². The van der Waals surface area contributed by atoms with Gasteiger partial charge in [0.15, 0.2) is 0 Å². The molecule has 2 aliphatic carbocycles. The Labute approximate surface area is 223 Å². The van der Waals surface area contributed by atoms with Gasteiger partial charge in [0.1, 0.15) is 0 Å². The minimum atomic E-state index is 0.780. The molecule has 0 N–H and O–H groups in total. The van der Waals surface area contributed by atoms with Gasteiger partial charge in [0, 0.05) is 0 Å². The van der Waals surface area contributed by atoms with E-state index in [9.17, 15) is 0 Å². The monoisotopic (exact) mass is 484 g/mol. The fraction of sp³-hybridized carbons (Fsp3) is 0.611. The lowest BCUT2D eigenvalue weighted by Crippen LogP contribution is -2.13. The summed E-state index contributed by atoms with van der Waals surface area (Å²) in [6.07, 6.45) is 26.3. The molecule has 0 amide bonds. The van der Waals surface area contributed by atoms with E-state index in [1.54, 1.807) is 11.1 Å². The topological polar surface area (TPSA) is 0 Å². The van der Waals surface area contributed by atoms with Crippen molar-refractivity contribution < 1.29 is 0 Å². The zero-order chi connectivity index (χ0) is 25.0. The van der Waals surface area contributed by atoms with E-state index in [2.05, 4.69) is 68.5 Å². The van der Waals surface area contributed by atoms with Crippen LogP contribution in [0.15, 0.2) is 54.6 Å². The third-order valence-electron chi connectivity index (χ3n) is 9.27. The van der Waals surface area contributed by atoms with Gasteiger partial charge >= 0.3 is 0 Å². The van der Waals surface area contributed by atoms with Gasteiger partial charge in [-0.2, -0.15) is 0 Å². The molecule has 1 saturated carbocycles. The van der Waals surface area contributed by atoms with Crippen LogP contribution in [0.3, 0.4) is 0 Å². The molecule has 0 spiro atoms. The zero-order valence-corrected chi connectivity index (χ0v) is 23.4. The molecule has 0 radical (unpaired) electrons. The molecule has 0 nitrogen and oxygen atoms in total. The van der Waals surface area contributed by atoms with Gasteiger partial charge in [-0.25, -0.2) is 0 Å². The molecule has 0 aromatic heterocycles. The van der Waals surface area contributed by atoms with Crippen molar-refractivity contribution in [2.45, 2.75) is 129 Å². The van der Waals surface area contributed by atoms with Crippen LogP contribution in [-0.4, -0.2) is 0 Å². The van der Waals surface area contributed by atoms with E-state index in [-0.39, 0.29) is 0 Å². The van der Waals surface area contributed by atoms with Gasteiger partial charge in [0.2, 0.25) is 0 Å². The maximum absolute atomic E-state index is 2.54. The smallest absolute Gasteiger partial charge is 0.0162 e. The van der Waals surface area contributed by atoms with Crippen LogP contribution in [0.25, 0.3) is 16.7 Å². The Kier molecular flexibility index (Phi) is 11.2. The zero-order valence-electron chi connectivity index (χ0n) is 23.4. The molecule has 1 atom stereocenters. The Hall–Kier alpha value is -1.82. The first-order valence-corrected chi connectivity index (χ1v) is 15.7. The first kappa shape index (κ1) is 27.2. The lowest BCUT2D eigenvalue weighted by Gasteiger charge is -2.29. The summed E-state index contributed by atoms with van der Waals surface area (Å²) >= 11 is 0. The molecule has 0 aliphatic heterocycles. The Morgan fingerprint density at radius 2 is 1.11 bits per heavy atom. The van der Waals surface area contributed by atoms with E-state index in [1.165, 1.54) is 126 Å². The highest BCUT2D eigenvalue weighted by atomic mass is 14.3. The van der Waals surface area contributed by atoms with E-state index in [4.69, 9.17) is 0 Å². The van der Waals surface area contributed by atoms with Gasteiger partial charge in [-0.3, -0.25) is 0 Å². The second kappa shape index (κ2) is 14.8. The minimum absolute atomic E-state index is 0.780. The average Bonchev–Trinajstić information content (AvgIpc) is 2.94. The Morgan fingerprint density at radius 1 is 0.556 bits per heavy atom. The standard InChI is InChI=1S/C36H52/c1-3-5-7-9-11-29-13-17-31(18-14-29)33-21-25-35(26-22-33)36-27-23-34(24-28-36)32-19-15-30(16-20-32)12-10-8-6-4-2/h17,21-30,32H,3-16,18-20H2,1-2H3/t29?,30-,32-. The number of allylic oxidation sites excluding steroid dienone is 2. The van der Waals surface area contributed by atoms with Crippen LogP contribution >= 0.6 is 0 Å². The molecule has 2 aliphatic rings. The van der Waals surface area contributed by atoms with Crippen molar-refractivity contribution in [2.75, 3.05) is 0 Å². The summed E-state index contributed by atoms with van der Waals surface area (Å²) in [5.74, 6) is 2.69. The Bertz CT molecular complexity index is 892. The molecular formula is C36H52. The highest BCUT2D eigenvalue weighted by Gasteiger charge is 2.22. The predicted octanol–water partition coefficient (Wildman–Crippen LogP) is 11.8. The highest BCUT2D eigenvalue weighted by molar-refractivity contribution is 5.71. The SMILES string of the molecule is CCCCCCC1CC=C(c2ccc(-c3ccc([C@H]4CC[C@H](CCCCCC)CC4)cc3)cc2)CC1. The lowest BCUT2D eigenvalue weighted by atomic mass is 9.77. The van der Waals surface area contributed by atoms with Crippen molar-refractivity contribution in [3.05, 3.63) is 65.7 Å². The largest absolute Gasteiger partial charge is 0.0804 e. The van der Waals surface area contributed by atoms with Gasteiger partial charge < -0.3 is 0 Å². The van der Waals surface area contributed by atoms with Crippen LogP contribution in [-0.2, 0) is 0 Å². The molecule has 2 aromatic rings. The van der Waals surface area contributed by atoms with E-state index >= 15 is 0 Å². The Morgan fingerprint density at radius 3 is 1.67 bits per heavy atom. The van der Waals surface area contributed by atoms with E-state index in [0.717, 1.165) is 17.8 Å². The molecule has 4 rings (SSSR count). The summed E-state index contributed by atoms with van der Waals surface area (Å²) in [7, 11) is 0. The van der Waals surface area contributed by atoms with Crippen LogP contribution in [0.5, 0.6) is 0 Å². The molecule has 0 heterocycles. The fourth-order valence-electron chi connectivity index (χ4n) is 6.74. The van der Waals surface area contributed by atoms with Gasteiger partial charge in [-0.05, 0) is 90.5 Å². The molecule has 36 heavy (non-hydrogen) atoms. The van der Waals surface area contributed by atoms with E-state index in [0.29, 0.717) is 0 Å². The molecule has 196 valence electrons. The summed E-state index contributed by atoms with van der Waals surface area (Å²) in [5.41, 5.74) is 7.29. The molecule has 2 aromatic carbocycles. The van der Waals surface area contributed by atoms with Crippen LogP contribution in [0.4, 0.5) is 0 Å². The number of rotatable bonds is 13. The molecule has 0 saturated heterocycles. The number of benzene rings is 2. The second-order valence-electron chi connectivity index (χ2n) is 12.0. The third-order valence-corrected chi connectivity index (χ3v) is 9.27. The Balaban J connectivity index is 1.24. The van der Waals surface area contributed by atoms with Crippen molar-refractivity contribution in [1.29, 1.82) is 0 Å². The summed E-state index contributed by atoms with van der Waals surface area (Å²) in [4.78, 5) is 0. The van der Waals surface area contributed by atoms with Crippen molar-refractivity contribution in [2.24, 2.45) is 11.8 Å². The predicted molar refractivity (Wildman–Crippen MR) is 159 cm³/mol. The maximum Gasteiger partial charge on any atom is -0.0162 e. The lowest BCUT2D eigenvalue weighted by molar-refractivity contribution is 0.302. The first-order chi connectivity index (χ1) is 17.8. The molecular weight excluding hydrogens is 432 g/mol. The van der Waals surface area contributed by atoms with Gasteiger partial charge in [0.25, 0.3) is 0 Å². The number of unbranched alkanes of at least 4 members (excludes halogenated alkanes) is 6. The fourth-order valence-corrected chi connectivity index (χ4v) is 6.74. The maximum atomic E-state index is 2.54. The first-order valence-electron chi connectivity index (χ1n) is 15.7. The van der Waals surface area contributed by atoms with Crippen LogP contribution in [0.1, 0.15) is 140 Å². The second-order valence-corrected chi connectivity index (χ2v) is 12.0. The van der Waals surface area contributed by atoms with Crippen LogP contribution < -0.4 is 0 Å². The minimum Gasteiger partial charge on any atom is -0.0804 e. The summed E-state index contributed by atoms with van der Waals surface area (Å²) < 4.78 is 0. The highest BCUT2D eigenvalue weighted by Crippen LogP contribution is 2.39. The van der Waals surface area contributed by atoms with Crippen molar-refractivity contribution in [3.63, 3.8) is 0 Å². The molecule has 0 heteroatoms. The van der Waals surface area contributed by atoms with E-state index in [1.807, 2.05) is 0 Å². The summed E-state index contributed by atoms with van der Waals surface area (Å²) in [5, 5.41) is 0. The van der Waals surface area contributed by atoms with Crippen molar-refractivity contribution >= 4 is 5.57 Å². The van der Waals surface area contributed by atoms with Gasteiger partial charge in [0.05, 0.1) is 0 Å². The average molecular weight is 485 g/mol. The summed E-state index contributed by atoms with van der Waals surface area (Å²) in [6, 6.07) is 19.0. The third kappa shape index (κ3) is 8.09. The van der Waals surface area contributed by atoms with Crippen molar-refractivity contribution in [1.82, 2.24) is 0 Å². The van der Waals surface area contributed by atoms with E-state index < -0.39 is 0 Å². The van der Waals surface area contributed by atoms with Crippen LogP contribution in [0.2, 0.25) is 0 Å². The quantitative estimate of drug-likeness (QED) is 0.248. The number of hydrogen-bond donors (Lipinski definition) is 0. The number of hydrogen-bond acceptors (Lipinski definition) is 0. The van der Waals surface area contributed by atoms with Gasteiger partial charge in [-0.1, -0.05) is 133 Å². The molecule has 1 fully saturated rings. The summed E-state index contributed by atoms with van der Waals surface area (Å²) in [6.45, 7) is 4.61. The van der Waals surface area contributed by atoms with Crippen LogP contribution in [0, 0.1) is 11.8 Å².